The lowest BCUT2D eigenvalue weighted by molar-refractivity contribution is -0.144. The number of nitrogens with zero attached hydrogens (tertiary/aromatic N) is 2. The van der Waals surface area contributed by atoms with Crippen molar-refractivity contribution in [2.75, 3.05) is 6.54 Å². The summed E-state index contributed by atoms with van der Waals surface area (Å²) in [4.78, 5) is 15.7. The van der Waals surface area contributed by atoms with Gasteiger partial charge < -0.3 is 9.26 Å². The fraction of sp³-hybridized carbons (Fsp3) is 0.353. The van der Waals surface area contributed by atoms with Crippen LogP contribution in [0.3, 0.4) is 0 Å². The van der Waals surface area contributed by atoms with Crippen molar-refractivity contribution >= 4 is 22.1 Å². The molecule has 0 saturated heterocycles. The number of hydrogen-bond acceptors (Lipinski definition) is 7. The molecule has 0 unspecified atom stereocenters. The van der Waals surface area contributed by atoms with Gasteiger partial charge in [0.2, 0.25) is 10.0 Å². The number of carbonyl (C=O) groups excluding carboxylic acids is 1. The van der Waals surface area contributed by atoms with Gasteiger partial charge in [0.1, 0.15) is 6.54 Å². The van der Waals surface area contributed by atoms with E-state index in [1.807, 2.05) is 19.9 Å². The van der Waals surface area contributed by atoms with Crippen molar-refractivity contribution in [2.45, 2.75) is 26.9 Å². The predicted octanol–water partition coefficient (Wildman–Crippen LogP) is 1.90. The average Bonchev–Trinajstić information content (AvgIpc) is 3.04. The van der Waals surface area contributed by atoms with Gasteiger partial charge in [-0.2, -0.15) is 4.98 Å². The Balaban J connectivity index is 1.77. The number of nitrogens with one attached hydrogen (secondary N) is 1. The van der Waals surface area contributed by atoms with E-state index in [1.165, 1.54) is 6.08 Å². The third-order valence-corrected chi connectivity index (χ3v) is 4.16. The highest BCUT2D eigenvalue weighted by Crippen LogP contribution is 2.06. The summed E-state index contributed by atoms with van der Waals surface area (Å²) in [5, 5.41) is 4.77. The number of sulfonamides is 1. The lowest BCUT2D eigenvalue weighted by Crippen LogP contribution is -2.29. The Bertz CT molecular complexity index is 844. The first-order chi connectivity index (χ1) is 12.3. The third-order valence-electron chi connectivity index (χ3n) is 3.11. The van der Waals surface area contributed by atoms with Crippen LogP contribution in [0, 0.1) is 5.92 Å². The van der Waals surface area contributed by atoms with Crippen LogP contribution >= 0.6 is 0 Å². The topological polar surface area (TPSA) is 111 Å². The number of carbonyl (C=O) groups is 1. The van der Waals surface area contributed by atoms with Gasteiger partial charge in [0.05, 0.1) is 0 Å². The number of ether oxygens (including phenoxy) is 1. The summed E-state index contributed by atoms with van der Waals surface area (Å²) < 4.78 is 35.7. The first-order valence-electron chi connectivity index (χ1n) is 8.04. The van der Waals surface area contributed by atoms with Crippen LogP contribution in [0.4, 0.5) is 0 Å². The quantitative estimate of drug-likeness (QED) is 0.662. The summed E-state index contributed by atoms with van der Waals surface area (Å²) in [6, 6.07) is 8.94. The van der Waals surface area contributed by atoms with E-state index in [-0.39, 0.29) is 12.5 Å². The monoisotopic (exact) mass is 379 g/mol. The van der Waals surface area contributed by atoms with E-state index in [2.05, 4.69) is 14.9 Å². The van der Waals surface area contributed by atoms with Crippen molar-refractivity contribution in [3.8, 4) is 0 Å². The summed E-state index contributed by atoms with van der Waals surface area (Å²) in [7, 11) is -3.75. The molecule has 140 valence electrons. The first kappa shape index (κ1) is 19.8. The number of esters is 1. The normalized spacial score (nSPS) is 12.0. The van der Waals surface area contributed by atoms with Crippen molar-refractivity contribution in [2.24, 2.45) is 5.92 Å². The molecule has 9 heteroatoms. The Morgan fingerprint density at radius 2 is 2.04 bits per heavy atom. The van der Waals surface area contributed by atoms with Gasteiger partial charge in [-0.3, -0.25) is 4.79 Å². The number of rotatable bonds is 9. The summed E-state index contributed by atoms with van der Waals surface area (Å²) in [6.45, 7) is 3.35. The Labute approximate surface area is 152 Å². The average molecular weight is 379 g/mol. The van der Waals surface area contributed by atoms with Gasteiger partial charge in [0.25, 0.3) is 5.89 Å². The molecule has 0 amide bonds. The maximum Gasteiger partial charge on any atom is 0.321 e. The molecule has 2 rings (SSSR count). The van der Waals surface area contributed by atoms with Crippen LogP contribution in [0.15, 0.2) is 40.3 Å². The molecule has 26 heavy (non-hydrogen) atoms. The zero-order valence-corrected chi connectivity index (χ0v) is 15.4. The largest absolute Gasteiger partial charge is 0.455 e. The molecule has 1 aromatic heterocycles. The lowest BCUT2D eigenvalue weighted by Gasteiger charge is -2.03. The molecule has 0 spiro atoms. The fourth-order valence-electron chi connectivity index (χ4n) is 1.93. The van der Waals surface area contributed by atoms with Crippen LogP contribution in [0.5, 0.6) is 0 Å². The second-order valence-corrected chi connectivity index (χ2v) is 7.59. The van der Waals surface area contributed by atoms with Crippen LogP contribution in [0.25, 0.3) is 6.08 Å². The highest BCUT2D eigenvalue weighted by molar-refractivity contribution is 7.92. The maximum atomic E-state index is 11.8. The molecule has 1 N–H and O–H groups in total. The first-order valence-corrected chi connectivity index (χ1v) is 9.58. The molecule has 0 atom stereocenters. The molecular formula is C17H21N3O5S. The van der Waals surface area contributed by atoms with E-state index in [1.54, 1.807) is 24.3 Å². The standard InChI is InChI=1S/C17H21N3O5S/c1-13(2)10-15-19-16(25-20-15)12-24-17(21)11-18-26(22,23)9-8-14-6-4-3-5-7-14/h3-9,13,18H,10-12H2,1-2H3/b9-8+. The molecule has 0 radical (unpaired) electrons. The highest BCUT2D eigenvalue weighted by atomic mass is 32.2. The Hall–Kier alpha value is -2.52. The smallest absolute Gasteiger partial charge is 0.321 e. The molecule has 0 aliphatic rings. The summed E-state index contributed by atoms with van der Waals surface area (Å²) in [6.07, 6.45) is 2.09. The van der Waals surface area contributed by atoms with Crippen LogP contribution in [-0.2, 0) is 32.6 Å². The van der Waals surface area contributed by atoms with Gasteiger partial charge in [0.15, 0.2) is 12.4 Å². The summed E-state index contributed by atoms with van der Waals surface area (Å²) >= 11 is 0. The zero-order chi connectivity index (χ0) is 19.0. The minimum Gasteiger partial charge on any atom is -0.455 e. The second kappa shape index (κ2) is 9.25. The van der Waals surface area contributed by atoms with E-state index in [4.69, 9.17) is 9.26 Å². The van der Waals surface area contributed by atoms with E-state index >= 15 is 0 Å². The number of benzene rings is 1. The van der Waals surface area contributed by atoms with Crippen LogP contribution in [0.2, 0.25) is 0 Å². The van der Waals surface area contributed by atoms with E-state index in [0.29, 0.717) is 18.2 Å². The van der Waals surface area contributed by atoms with Crippen LogP contribution < -0.4 is 4.72 Å². The van der Waals surface area contributed by atoms with Gasteiger partial charge in [-0.25, -0.2) is 13.1 Å². The number of aromatic nitrogens is 2. The predicted molar refractivity (Wildman–Crippen MR) is 95.0 cm³/mol. The minimum atomic E-state index is -3.75. The third kappa shape index (κ3) is 7.16. The second-order valence-electron chi connectivity index (χ2n) is 5.94. The molecular weight excluding hydrogens is 358 g/mol. The maximum absolute atomic E-state index is 11.8. The Kier molecular flexibility index (Phi) is 7.05. The SMILES string of the molecule is CC(C)Cc1noc(COC(=O)CNS(=O)(=O)/C=C/c2ccccc2)n1. The Morgan fingerprint density at radius 3 is 2.73 bits per heavy atom. The van der Waals surface area contributed by atoms with Crippen LogP contribution in [-0.4, -0.2) is 31.1 Å². The van der Waals surface area contributed by atoms with Crippen molar-refractivity contribution in [1.82, 2.24) is 14.9 Å². The van der Waals surface area contributed by atoms with E-state index in [9.17, 15) is 13.2 Å². The van der Waals surface area contributed by atoms with Crippen molar-refractivity contribution < 1.29 is 22.5 Å². The van der Waals surface area contributed by atoms with Crippen molar-refractivity contribution in [1.29, 1.82) is 0 Å². The van der Waals surface area contributed by atoms with Gasteiger partial charge in [-0.1, -0.05) is 49.3 Å². The number of hydrogen-bond donors (Lipinski definition) is 1. The molecule has 8 nitrogen and oxygen atoms in total. The minimum absolute atomic E-state index is 0.167. The zero-order valence-electron chi connectivity index (χ0n) is 14.6. The van der Waals surface area contributed by atoms with Gasteiger partial charge in [0, 0.05) is 11.8 Å². The molecule has 1 heterocycles. The van der Waals surface area contributed by atoms with Gasteiger partial charge in [-0.05, 0) is 17.6 Å². The summed E-state index contributed by atoms with van der Waals surface area (Å²) in [5.41, 5.74) is 0.731. The van der Waals surface area contributed by atoms with E-state index in [0.717, 1.165) is 11.0 Å². The Morgan fingerprint density at radius 1 is 1.31 bits per heavy atom. The van der Waals surface area contributed by atoms with Gasteiger partial charge >= 0.3 is 5.97 Å². The fourth-order valence-corrected chi connectivity index (χ4v) is 2.68. The summed E-state index contributed by atoms with van der Waals surface area (Å²) in [5.74, 6) is 0.338. The van der Waals surface area contributed by atoms with Crippen LogP contribution in [0.1, 0.15) is 31.1 Å². The molecule has 0 fully saturated rings. The molecule has 0 bridgehead atoms. The van der Waals surface area contributed by atoms with Gasteiger partial charge in [-0.15, -0.1) is 0 Å². The molecule has 0 aliphatic heterocycles. The molecule has 0 aliphatic carbocycles. The van der Waals surface area contributed by atoms with Crippen molar-refractivity contribution in [3.63, 3.8) is 0 Å². The van der Waals surface area contributed by atoms with E-state index < -0.39 is 22.5 Å². The lowest BCUT2D eigenvalue weighted by atomic mass is 10.1. The molecule has 1 aromatic carbocycles. The molecule has 0 saturated carbocycles. The molecule has 2 aromatic rings. The van der Waals surface area contributed by atoms with Crippen molar-refractivity contribution in [3.05, 3.63) is 53.0 Å². The highest BCUT2D eigenvalue weighted by Gasteiger charge is 2.13.